The summed E-state index contributed by atoms with van der Waals surface area (Å²) in [4.78, 5) is 0. The van der Waals surface area contributed by atoms with Crippen LogP contribution in [0, 0.1) is 5.82 Å². The van der Waals surface area contributed by atoms with Crippen molar-refractivity contribution in [3.8, 4) is 0 Å². The first-order valence-corrected chi connectivity index (χ1v) is 6.81. The van der Waals surface area contributed by atoms with Crippen LogP contribution in [0.4, 0.5) is 4.39 Å². The summed E-state index contributed by atoms with van der Waals surface area (Å²) in [5.41, 5.74) is 1.84. The maximum absolute atomic E-state index is 13.1. The van der Waals surface area contributed by atoms with E-state index in [-0.39, 0.29) is 11.9 Å². The highest BCUT2D eigenvalue weighted by atomic mass is 35.5. The van der Waals surface area contributed by atoms with Crippen LogP contribution in [0.2, 0.25) is 10.0 Å². The van der Waals surface area contributed by atoms with Gasteiger partial charge in [0.05, 0.1) is 6.04 Å². The minimum Gasteiger partial charge on any atom is -0.306 e. The lowest BCUT2D eigenvalue weighted by Crippen LogP contribution is -2.22. The number of benzene rings is 2. The van der Waals surface area contributed by atoms with E-state index < -0.39 is 0 Å². The van der Waals surface area contributed by atoms with Gasteiger partial charge in [0.2, 0.25) is 0 Å². The number of hydrogen-bond acceptors (Lipinski definition) is 1. The molecule has 1 N–H and O–H groups in total. The Morgan fingerprint density at radius 1 is 1.16 bits per heavy atom. The zero-order chi connectivity index (χ0) is 13.8. The molecule has 1 atom stereocenters. The van der Waals surface area contributed by atoms with Crippen LogP contribution >= 0.6 is 23.2 Å². The molecule has 1 unspecified atom stereocenters. The topological polar surface area (TPSA) is 12.0 Å². The van der Waals surface area contributed by atoms with Gasteiger partial charge in [-0.25, -0.2) is 4.39 Å². The summed E-state index contributed by atoms with van der Waals surface area (Å²) in [6.07, 6.45) is 0. The van der Waals surface area contributed by atoms with Crippen molar-refractivity contribution in [1.82, 2.24) is 5.32 Å². The van der Waals surface area contributed by atoms with Gasteiger partial charge in [-0.2, -0.15) is 0 Å². The highest BCUT2D eigenvalue weighted by Crippen LogP contribution is 2.30. The van der Waals surface area contributed by atoms with Crippen molar-refractivity contribution in [2.45, 2.75) is 13.0 Å². The molecule has 2 aromatic rings. The van der Waals surface area contributed by atoms with Gasteiger partial charge in [0.25, 0.3) is 0 Å². The molecule has 0 heterocycles. The Labute approximate surface area is 122 Å². The van der Waals surface area contributed by atoms with Gasteiger partial charge in [0.15, 0.2) is 0 Å². The maximum Gasteiger partial charge on any atom is 0.124 e. The SMILES string of the molecule is CCNC(c1cccc(Cl)c1)c1ccc(F)cc1Cl. The van der Waals surface area contributed by atoms with Gasteiger partial charge in [0.1, 0.15) is 5.82 Å². The Morgan fingerprint density at radius 2 is 1.95 bits per heavy atom. The van der Waals surface area contributed by atoms with Gasteiger partial charge in [-0.1, -0.05) is 48.3 Å². The third-order valence-electron chi connectivity index (χ3n) is 2.86. The summed E-state index contributed by atoms with van der Waals surface area (Å²) < 4.78 is 13.1. The molecule has 19 heavy (non-hydrogen) atoms. The molecule has 0 radical (unpaired) electrons. The second-order valence-electron chi connectivity index (χ2n) is 4.21. The van der Waals surface area contributed by atoms with Gasteiger partial charge in [0, 0.05) is 10.0 Å². The third kappa shape index (κ3) is 3.47. The summed E-state index contributed by atoms with van der Waals surface area (Å²) in [6, 6.07) is 11.9. The van der Waals surface area contributed by atoms with Crippen LogP contribution in [-0.2, 0) is 0 Å². The van der Waals surface area contributed by atoms with Crippen LogP contribution in [0.15, 0.2) is 42.5 Å². The predicted octanol–water partition coefficient (Wildman–Crippen LogP) is 4.83. The minimum atomic E-state index is -0.338. The zero-order valence-corrected chi connectivity index (χ0v) is 12.0. The summed E-state index contributed by atoms with van der Waals surface area (Å²) in [6.45, 7) is 2.78. The smallest absolute Gasteiger partial charge is 0.124 e. The monoisotopic (exact) mass is 297 g/mol. The molecule has 0 spiro atoms. The van der Waals surface area contributed by atoms with Crippen LogP contribution < -0.4 is 5.32 Å². The van der Waals surface area contributed by atoms with Crippen LogP contribution in [0.3, 0.4) is 0 Å². The normalized spacial score (nSPS) is 12.4. The average Bonchev–Trinajstić information content (AvgIpc) is 2.37. The van der Waals surface area contributed by atoms with E-state index in [1.807, 2.05) is 31.2 Å². The molecule has 2 aromatic carbocycles. The lowest BCUT2D eigenvalue weighted by molar-refractivity contribution is 0.614. The molecule has 0 aliphatic carbocycles. The molecule has 4 heteroatoms. The molecule has 0 aliphatic rings. The van der Waals surface area contributed by atoms with Crippen LogP contribution in [0.1, 0.15) is 24.1 Å². The van der Waals surface area contributed by atoms with E-state index in [0.29, 0.717) is 10.0 Å². The van der Waals surface area contributed by atoms with Crippen LogP contribution in [0.5, 0.6) is 0 Å². The Bertz CT molecular complexity index is 572. The Morgan fingerprint density at radius 3 is 2.58 bits per heavy atom. The highest BCUT2D eigenvalue weighted by Gasteiger charge is 2.16. The van der Waals surface area contributed by atoms with Gasteiger partial charge in [-0.15, -0.1) is 0 Å². The standard InChI is InChI=1S/C15H14Cl2FN/c1-2-19-15(10-4-3-5-11(16)8-10)13-7-6-12(18)9-14(13)17/h3-9,15,19H,2H2,1H3. The quantitative estimate of drug-likeness (QED) is 0.852. The molecular formula is C15H14Cl2FN. The summed E-state index contributed by atoms with van der Waals surface area (Å²) in [5.74, 6) is -0.338. The molecule has 0 bridgehead atoms. The van der Waals surface area contributed by atoms with E-state index >= 15 is 0 Å². The van der Waals surface area contributed by atoms with Crippen molar-refractivity contribution in [3.63, 3.8) is 0 Å². The molecule has 2 rings (SSSR count). The van der Waals surface area contributed by atoms with Crippen molar-refractivity contribution in [2.24, 2.45) is 0 Å². The van der Waals surface area contributed by atoms with Gasteiger partial charge >= 0.3 is 0 Å². The minimum absolute atomic E-state index is 0.100. The number of hydrogen-bond donors (Lipinski definition) is 1. The van der Waals surface area contributed by atoms with Gasteiger partial charge < -0.3 is 5.32 Å². The summed E-state index contributed by atoms with van der Waals surface area (Å²) in [7, 11) is 0. The lowest BCUT2D eigenvalue weighted by Gasteiger charge is -2.20. The summed E-state index contributed by atoms with van der Waals surface area (Å²) >= 11 is 12.2. The van der Waals surface area contributed by atoms with E-state index in [1.165, 1.54) is 12.1 Å². The second-order valence-corrected chi connectivity index (χ2v) is 5.06. The van der Waals surface area contributed by atoms with E-state index in [2.05, 4.69) is 5.32 Å². The summed E-state index contributed by atoms with van der Waals surface area (Å²) in [5, 5.41) is 4.41. The van der Waals surface area contributed by atoms with E-state index in [0.717, 1.165) is 17.7 Å². The molecule has 0 saturated carbocycles. The fourth-order valence-corrected chi connectivity index (χ4v) is 2.51. The van der Waals surface area contributed by atoms with E-state index in [9.17, 15) is 4.39 Å². The number of nitrogens with one attached hydrogen (secondary N) is 1. The second kappa shape index (κ2) is 6.38. The highest BCUT2D eigenvalue weighted by molar-refractivity contribution is 6.31. The van der Waals surface area contributed by atoms with Crippen molar-refractivity contribution < 1.29 is 4.39 Å². The maximum atomic E-state index is 13.1. The Balaban J connectivity index is 2.45. The Kier molecular flexibility index (Phi) is 4.81. The molecule has 100 valence electrons. The van der Waals surface area contributed by atoms with Crippen LogP contribution in [0.25, 0.3) is 0 Å². The first kappa shape index (κ1) is 14.3. The molecule has 0 amide bonds. The fraction of sp³-hybridized carbons (Fsp3) is 0.200. The van der Waals surface area contributed by atoms with Crippen molar-refractivity contribution in [1.29, 1.82) is 0 Å². The first-order chi connectivity index (χ1) is 9.11. The number of halogens is 3. The van der Waals surface area contributed by atoms with Crippen molar-refractivity contribution in [3.05, 3.63) is 69.5 Å². The van der Waals surface area contributed by atoms with Crippen molar-refractivity contribution >= 4 is 23.2 Å². The van der Waals surface area contributed by atoms with Crippen molar-refractivity contribution in [2.75, 3.05) is 6.54 Å². The predicted molar refractivity (Wildman–Crippen MR) is 78.4 cm³/mol. The first-order valence-electron chi connectivity index (χ1n) is 6.05. The van der Waals surface area contributed by atoms with E-state index in [1.54, 1.807) is 6.07 Å². The molecule has 0 aliphatic heterocycles. The molecule has 0 aromatic heterocycles. The largest absolute Gasteiger partial charge is 0.306 e. The zero-order valence-electron chi connectivity index (χ0n) is 10.5. The van der Waals surface area contributed by atoms with Gasteiger partial charge in [-0.05, 0) is 41.9 Å². The molecule has 0 saturated heterocycles. The Hall–Kier alpha value is -1.09. The van der Waals surface area contributed by atoms with E-state index in [4.69, 9.17) is 23.2 Å². The molecule has 0 fully saturated rings. The molecular weight excluding hydrogens is 284 g/mol. The average molecular weight is 298 g/mol. The lowest BCUT2D eigenvalue weighted by atomic mass is 9.98. The molecule has 1 nitrogen and oxygen atoms in total. The fourth-order valence-electron chi connectivity index (χ4n) is 2.03. The third-order valence-corrected chi connectivity index (χ3v) is 3.43. The van der Waals surface area contributed by atoms with Gasteiger partial charge in [-0.3, -0.25) is 0 Å². The van der Waals surface area contributed by atoms with Crippen LogP contribution in [-0.4, -0.2) is 6.54 Å². The number of rotatable bonds is 4.